The highest BCUT2D eigenvalue weighted by molar-refractivity contribution is 4.96. The molecule has 3 unspecified atom stereocenters. The molecule has 3 nitrogen and oxygen atoms in total. The lowest BCUT2D eigenvalue weighted by molar-refractivity contribution is -0.0590. The average molecular weight is 225 g/mol. The van der Waals surface area contributed by atoms with Gasteiger partial charge in [-0.25, -0.2) is 0 Å². The van der Waals surface area contributed by atoms with E-state index in [4.69, 9.17) is 4.74 Å². The van der Waals surface area contributed by atoms with Crippen LogP contribution in [0.1, 0.15) is 32.1 Å². The van der Waals surface area contributed by atoms with Crippen molar-refractivity contribution in [1.82, 2.24) is 4.90 Å². The molecule has 1 saturated carbocycles. The van der Waals surface area contributed by atoms with Gasteiger partial charge in [-0.05, 0) is 38.0 Å². The lowest BCUT2D eigenvalue weighted by Gasteiger charge is -2.41. The van der Waals surface area contributed by atoms with Gasteiger partial charge in [-0.15, -0.1) is 0 Å². The molecular weight excluding hydrogens is 202 g/mol. The highest BCUT2D eigenvalue weighted by atomic mass is 16.5. The van der Waals surface area contributed by atoms with Crippen molar-refractivity contribution in [2.75, 3.05) is 32.9 Å². The molecule has 3 aliphatic rings. The molecule has 0 amide bonds. The Labute approximate surface area is 97.8 Å². The Balaban J connectivity index is 1.63. The van der Waals surface area contributed by atoms with Crippen molar-refractivity contribution < 1.29 is 9.84 Å². The van der Waals surface area contributed by atoms with E-state index in [0.717, 1.165) is 44.6 Å². The van der Waals surface area contributed by atoms with Gasteiger partial charge in [0, 0.05) is 31.2 Å². The molecule has 92 valence electrons. The van der Waals surface area contributed by atoms with E-state index in [1.165, 1.54) is 25.8 Å². The van der Waals surface area contributed by atoms with Gasteiger partial charge in [0.05, 0.1) is 13.2 Å². The third-order valence-corrected chi connectivity index (χ3v) is 4.80. The molecule has 3 rings (SSSR count). The number of ether oxygens (including phenoxy) is 1. The van der Waals surface area contributed by atoms with Crippen molar-refractivity contribution in [1.29, 1.82) is 0 Å². The number of fused-ring (bicyclic) bond motifs is 2. The molecule has 2 saturated heterocycles. The summed E-state index contributed by atoms with van der Waals surface area (Å²) in [5, 5.41) is 9.67. The highest BCUT2D eigenvalue weighted by Crippen LogP contribution is 2.40. The number of aliphatic hydroxyl groups is 1. The summed E-state index contributed by atoms with van der Waals surface area (Å²) in [4.78, 5) is 2.62. The monoisotopic (exact) mass is 225 g/mol. The van der Waals surface area contributed by atoms with Crippen LogP contribution in [0.4, 0.5) is 0 Å². The number of nitrogens with zero attached hydrogens (tertiary/aromatic N) is 1. The zero-order valence-corrected chi connectivity index (χ0v) is 10.0. The summed E-state index contributed by atoms with van der Waals surface area (Å²) in [6.07, 6.45) is 6.47. The summed E-state index contributed by atoms with van der Waals surface area (Å²) in [5.41, 5.74) is 0.0444. The van der Waals surface area contributed by atoms with Crippen LogP contribution < -0.4 is 0 Å². The summed E-state index contributed by atoms with van der Waals surface area (Å²) in [7, 11) is 0. The van der Waals surface area contributed by atoms with Crippen LogP contribution in [0.3, 0.4) is 0 Å². The second kappa shape index (κ2) is 4.28. The summed E-state index contributed by atoms with van der Waals surface area (Å²) >= 11 is 0. The zero-order valence-electron chi connectivity index (χ0n) is 10.0. The van der Waals surface area contributed by atoms with Crippen LogP contribution in [0.5, 0.6) is 0 Å². The minimum atomic E-state index is 0.0444. The van der Waals surface area contributed by atoms with Crippen molar-refractivity contribution in [2.45, 2.75) is 38.1 Å². The molecule has 1 N–H and O–H groups in total. The van der Waals surface area contributed by atoms with Crippen LogP contribution in [0.25, 0.3) is 0 Å². The topological polar surface area (TPSA) is 32.7 Å². The molecule has 2 heterocycles. The summed E-state index contributed by atoms with van der Waals surface area (Å²) < 4.78 is 5.58. The van der Waals surface area contributed by atoms with Gasteiger partial charge < -0.3 is 9.84 Å². The fraction of sp³-hybridized carbons (Fsp3) is 1.00. The first-order chi connectivity index (χ1) is 7.81. The highest BCUT2D eigenvalue weighted by Gasteiger charge is 2.42. The Hall–Kier alpha value is -0.120. The first-order valence-corrected chi connectivity index (χ1v) is 6.74. The molecule has 1 aliphatic carbocycles. The van der Waals surface area contributed by atoms with Crippen molar-refractivity contribution in [3.05, 3.63) is 0 Å². The van der Waals surface area contributed by atoms with E-state index in [2.05, 4.69) is 4.90 Å². The number of hydrogen-bond donors (Lipinski definition) is 1. The van der Waals surface area contributed by atoms with Crippen LogP contribution in [-0.2, 0) is 4.74 Å². The minimum absolute atomic E-state index is 0.0444. The molecule has 0 aromatic rings. The molecule has 0 aromatic carbocycles. The summed E-state index contributed by atoms with van der Waals surface area (Å²) in [6.45, 7) is 4.27. The maximum Gasteiger partial charge on any atom is 0.0556 e. The van der Waals surface area contributed by atoms with Gasteiger partial charge in [0.15, 0.2) is 0 Å². The predicted octanol–water partition coefficient (Wildman–Crippen LogP) is 1.26. The van der Waals surface area contributed by atoms with Crippen LogP contribution in [-0.4, -0.2) is 49.0 Å². The van der Waals surface area contributed by atoms with Gasteiger partial charge in [-0.2, -0.15) is 0 Å². The number of hydrogen-bond acceptors (Lipinski definition) is 3. The van der Waals surface area contributed by atoms with Crippen molar-refractivity contribution in [2.24, 2.45) is 11.3 Å². The van der Waals surface area contributed by atoms with E-state index in [1.807, 2.05) is 0 Å². The Morgan fingerprint density at radius 2 is 2.31 bits per heavy atom. The normalized spacial score (nSPS) is 44.1. The van der Waals surface area contributed by atoms with E-state index in [0.29, 0.717) is 6.61 Å². The second-order valence-corrected chi connectivity index (χ2v) is 6.08. The fourth-order valence-corrected chi connectivity index (χ4v) is 3.86. The minimum Gasteiger partial charge on any atom is -0.396 e. The lowest BCUT2D eigenvalue weighted by Crippen LogP contribution is -2.47. The summed E-state index contributed by atoms with van der Waals surface area (Å²) in [6, 6.07) is 0.815. The quantitative estimate of drug-likeness (QED) is 0.785. The summed E-state index contributed by atoms with van der Waals surface area (Å²) in [5.74, 6) is 0.949. The molecular formula is C13H23NO2. The van der Waals surface area contributed by atoms with Crippen LogP contribution >= 0.6 is 0 Å². The molecule has 16 heavy (non-hydrogen) atoms. The Morgan fingerprint density at radius 1 is 1.38 bits per heavy atom. The molecule has 2 aliphatic heterocycles. The van der Waals surface area contributed by atoms with Crippen LogP contribution in [0.2, 0.25) is 0 Å². The standard InChI is InChI=1S/C13H23NO2/c15-9-13(4-1-5-16-10-13)8-14-7-11-2-3-12(14)6-11/h11-12,15H,1-10H2. The average Bonchev–Trinajstić information content (AvgIpc) is 2.92. The fourth-order valence-electron chi connectivity index (χ4n) is 3.86. The SMILES string of the molecule is OCC1(CN2CC3CCC2C3)CCCOC1. The van der Waals surface area contributed by atoms with Gasteiger partial charge in [-0.1, -0.05) is 0 Å². The van der Waals surface area contributed by atoms with Gasteiger partial charge in [0.2, 0.25) is 0 Å². The van der Waals surface area contributed by atoms with Gasteiger partial charge >= 0.3 is 0 Å². The van der Waals surface area contributed by atoms with E-state index in [-0.39, 0.29) is 5.41 Å². The van der Waals surface area contributed by atoms with E-state index >= 15 is 0 Å². The smallest absolute Gasteiger partial charge is 0.0556 e. The molecule has 3 fully saturated rings. The molecule has 0 aromatic heterocycles. The first-order valence-electron chi connectivity index (χ1n) is 6.74. The number of piperidine rings is 1. The van der Waals surface area contributed by atoms with E-state index in [1.54, 1.807) is 0 Å². The Kier molecular flexibility index (Phi) is 2.94. The maximum absolute atomic E-state index is 9.67. The molecule has 0 spiro atoms. The van der Waals surface area contributed by atoms with Crippen molar-refractivity contribution in [3.63, 3.8) is 0 Å². The van der Waals surface area contributed by atoms with Crippen molar-refractivity contribution in [3.8, 4) is 0 Å². The third-order valence-electron chi connectivity index (χ3n) is 4.80. The maximum atomic E-state index is 9.67. The largest absolute Gasteiger partial charge is 0.396 e. The van der Waals surface area contributed by atoms with Crippen LogP contribution in [0.15, 0.2) is 0 Å². The second-order valence-electron chi connectivity index (χ2n) is 6.08. The molecule has 2 bridgehead atoms. The van der Waals surface area contributed by atoms with E-state index in [9.17, 15) is 5.11 Å². The van der Waals surface area contributed by atoms with Gasteiger partial charge in [0.25, 0.3) is 0 Å². The number of rotatable bonds is 3. The Morgan fingerprint density at radius 3 is 2.88 bits per heavy atom. The number of likely N-dealkylation sites (tertiary alicyclic amines) is 1. The Bertz CT molecular complexity index is 250. The third kappa shape index (κ3) is 1.89. The first kappa shape index (κ1) is 11.0. The molecule has 3 atom stereocenters. The van der Waals surface area contributed by atoms with Crippen LogP contribution in [0, 0.1) is 11.3 Å². The zero-order chi connectivity index (χ0) is 11.0. The van der Waals surface area contributed by atoms with Gasteiger partial charge in [0.1, 0.15) is 0 Å². The predicted molar refractivity (Wildman–Crippen MR) is 62.3 cm³/mol. The number of aliphatic hydroxyl groups excluding tert-OH is 1. The molecule has 0 radical (unpaired) electrons. The van der Waals surface area contributed by atoms with Crippen molar-refractivity contribution >= 4 is 0 Å². The lowest BCUT2D eigenvalue weighted by atomic mass is 9.82. The van der Waals surface area contributed by atoms with E-state index < -0.39 is 0 Å². The molecule has 3 heteroatoms. The van der Waals surface area contributed by atoms with Gasteiger partial charge in [-0.3, -0.25) is 4.90 Å².